The molecule has 90 valence electrons. The first-order valence-corrected chi connectivity index (χ1v) is 5.15. The fourth-order valence-electron chi connectivity index (χ4n) is 1.19. The molecule has 5 nitrogen and oxygen atoms in total. The molecule has 1 rings (SSSR count). The van der Waals surface area contributed by atoms with Gasteiger partial charge in [-0.3, -0.25) is 0 Å². The first-order valence-electron chi connectivity index (χ1n) is 5.15. The Morgan fingerprint density at radius 2 is 2.31 bits per heavy atom. The summed E-state index contributed by atoms with van der Waals surface area (Å²) in [5, 5.41) is 2.65. The zero-order valence-electron chi connectivity index (χ0n) is 9.82. The van der Waals surface area contributed by atoms with Crippen molar-refractivity contribution in [2.75, 3.05) is 6.54 Å². The van der Waals surface area contributed by atoms with Gasteiger partial charge in [0.05, 0.1) is 6.26 Å². The highest BCUT2D eigenvalue weighted by Crippen LogP contribution is 2.13. The Morgan fingerprint density at radius 1 is 1.62 bits per heavy atom. The van der Waals surface area contributed by atoms with Crippen molar-refractivity contribution in [2.45, 2.75) is 32.4 Å². The Labute approximate surface area is 94.9 Å². The molecular formula is C11H18N2O3. The van der Waals surface area contributed by atoms with Crippen LogP contribution in [0.25, 0.3) is 0 Å². The smallest absolute Gasteiger partial charge is 0.408 e. The van der Waals surface area contributed by atoms with E-state index >= 15 is 0 Å². The van der Waals surface area contributed by atoms with E-state index in [1.165, 1.54) is 6.26 Å². The molecule has 0 aliphatic carbocycles. The average Bonchev–Trinajstić information content (AvgIpc) is 2.63. The highest BCUT2D eigenvalue weighted by Gasteiger charge is 2.20. The van der Waals surface area contributed by atoms with Gasteiger partial charge in [-0.2, -0.15) is 0 Å². The van der Waals surface area contributed by atoms with Crippen molar-refractivity contribution in [3.8, 4) is 0 Å². The van der Waals surface area contributed by atoms with Gasteiger partial charge in [0.2, 0.25) is 0 Å². The predicted octanol–water partition coefficient (Wildman–Crippen LogP) is 1.80. The van der Waals surface area contributed by atoms with E-state index in [1.54, 1.807) is 32.9 Å². The summed E-state index contributed by atoms with van der Waals surface area (Å²) >= 11 is 0. The van der Waals surface area contributed by atoms with Crippen LogP contribution in [-0.2, 0) is 4.74 Å². The fourth-order valence-corrected chi connectivity index (χ4v) is 1.19. The molecule has 1 aromatic heterocycles. The maximum Gasteiger partial charge on any atom is 0.408 e. The van der Waals surface area contributed by atoms with Crippen LogP contribution in [0, 0.1) is 0 Å². The summed E-state index contributed by atoms with van der Waals surface area (Å²) in [6.07, 6.45) is 1.04. The van der Waals surface area contributed by atoms with Crippen LogP contribution in [0.15, 0.2) is 22.8 Å². The van der Waals surface area contributed by atoms with Crippen LogP contribution in [0.2, 0.25) is 0 Å². The van der Waals surface area contributed by atoms with E-state index in [-0.39, 0.29) is 12.6 Å². The van der Waals surface area contributed by atoms with E-state index in [2.05, 4.69) is 5.32 Å². The number of hydrogen-bond acceptors (Lipinski definition) is 4. The molecule has 0 aliphatic heterocycles. The quantitative estimate of drug-likeness (QED) is 0.823. The normalized spacial score (nSPS) is 13.2. The van der Waals surface area contributed by atoms with Gasteiger partial charge >= 0.3 is 6.09 Å². The molecule has 5 heteroatoms. The Morgan fingerprint density at radius 3 is 2.75 bits per heavy atom. The Bertz CT molecular complexity index is 327. The van der Waals surface area contributed by atoms with Crippen LogP contribution in [-0.4, -0.2) is 18.2 Å². The van der Waals surface area contributed by atoms with E-state index in [9.17, 15) is 4.79 Å². The van der Waals surface area contributed by atoms with Gasteiger partial charge in [0, 0.05) is 6.54 Å². The number of ether oxygens (including phenoxy) is 1. The molecule has 16 heavy (non-hydrogen) atoms. The first-order chi connectivity index (χ1) is 7.42. The highest BCUT2D eigenvalue weighted by atomic mass is 16.6. The van der Waals surface area contributed by atoms with Gasteiger partial charge in [-0.05, 0) is 32.9 Å². The maximum absolute atomic E-state index is 11.5. The van der Waals surface area contributed by atoms with E-state index < -0.39 is 11.7 Å². The molecule has 1 aromatic rings. The zero-order chi connectivity index (χ0) is 12.2. The molecule has 1 amide bonds. The van der Waals surface area contributed by atoms with Gasteiger partial charge in [-0.1, -0.05) is 0 Å². The lowest BCUT2D eigenvalue weighted by molar-refractivity contribution is 0.0499. The summed E-state index contributed by atoms with van der Waals surface area (Å²) in [6, 6.07) is 3.15. The number of nitrogens with two attached hydrogens (primary N) is 1. The Hall–Kier alpha value is -1.49. The number of amides is 1. The van der Waals surface area contributed by atoms with E-state index in [4.69, 9.17) is 14.9 Å². The molecule has 0 fully saturated rings. The van der Waals surface area contributed by atoms with Crippen molar-refractivity contribution < 1.29 is 13.9 Å². The highest BCUT2D eigenvalue weighted by molar-refractivity contribution is 5.68. The van der Waals surface area contributed by atoms with Crippen LogP contribution in [0.4, 0.5) is 4.79 Å². The van der Waals surface area contributed by atoms with Crippen molar-refractivity contribution in [3.63, 3.8) is 0 Å². The molecule has 0 spiro atoms. The van der Waals surface area contributed by atoms with Gasteiger partial charge in [-0.25, -0.2) is 4.79 Å². The first kappa shape index (κ1) is 12.6. The van der Waals surface area contributed by atoms with Gasteiger partial charge in [0.1, 0.15) is 17.4 Å². The number of carbonyl (C=O) groups excluding carboxylic acids is 1. The lowest BCUT2D eigenvalue weighted by Crippen LogP contribution is -2.37. The summed E-state index contributed by atoms with van der Waals surface area (Å²) in [5.41, 5.74) is 5.02. The van der Waals surface area contributed by atoms with Crippen molar-refractivity contribution in [1.82, 2.24) is 5.32 Å². The van der Waals surface area contributed by atoms with E-state index in [1.807, 2.05) is 0 Å². The minimum Gasteiger partial charge on any atom is -0.467 e. The molecular weight excluding hydrogens is 208 g/mol. The van der Waals surface area contributed by atoms with Crippen LogP contribution in [0.3, 0.4) is 0 Å². The van der Waals surface area contributed by atoms with Crippen molar-refractivity contribution in [1.29, 1.82) is 0 Å². The van der Waals surface area contributed by atoms with Crippen LogP contribution < -0.4 is 11.1 Å². The summed E-state index contributed by atoms with van der Waals surface area (Å²) in [7, 11) is 0. The lowest BCUT2D eigenvalue weighted by atomic mass is 10.2. The predicted molar refractivity (Wildman–Crippen MR) is 59.9 cm³/mol. The molecule has 0 saturated carbocycles. The minimum atomic E-state index is -0.521. The third kappa shape index (κ3) is 3.94. The van der Waals surface area contributed by atoms with Gasteiger partial charge in [0.15, 0.2) is 0 Å². The number of nitrogens with one attached hydrogen (secondary N) is 1. The molecule has 0 radical (unpaired) electrons. The largest absolute Gasteiger partial charge is 0.467 e. The third-order valence-corrected chi connectivity index (χ3v) is 1.81. The topological polar surface area (TPSA) is 77.5 Å². The number of alkyl carbamates (subject to hydrolysis) is 1. The summed E-state index contributed by atoms with van der Waals surface area (Å²) < 4.78 is 10.3. The molecule has 0 bridgehead atoms. The summed E-state index contributed by atoms with van der Waals surface area (Å²) in [6.45, 7) is 5.66. The second-order valence-corrected chi connectivity index (χ2v) is 4.45. The Balaban J connectivity index is 2.55. The summed E-state index contributed by atoms with van der Waals surface area (Å²) in [4.78, 5) is 11.5. The SMILES string of the molecule is CC(C)(C)OC(=O)NC(CN)c1ccco1. The molecule has 0 aliphatic rings. The van der Waals surface area contributed by atoms with Crippen LogP contribution >= 0.6 is 0 Å². The molecule has 1 atom stereocenters. The molecule has 3 N–H and O–H groups in total. The molecule has 0 saturated heterocycles. The van der Waals surface area contributed by atoms with E-state index in [0.29, 0.717) is 5.76 Å². The van der Waals surface area contributed by atoms with Crippen molar-refractivity contribution >= 4 is 6.09 Å². The standard InChI is InChI=1S/C11H18N2O3/c1-11(2,3)16-10(14)13-8(7-12)9-5-4-6-15-9/h4-6,8H,7,12H2,1-3H3,(H,13,14). The van der Waals surface area contributed by atoms with Gasteiger partial charge < -0.3 is 20.2 Å². The maximum atomic E-state index is 11.5. The zero-order valence-corrected chi connectivity index (χ0v) is 9.82. The second kappa shape index (κ2) is 5.03. The molecule has 0 aromatic carbocycles. The van der Waals surface area contributed by atoms with Crippen molar-refractivity contribution in [3.05, 3.63) is 24.2 Å². The third-order valence-electron chi connectivity index (χ3n) is 1.81. The molecule has 1 heterocycles. The number of hydrogen-bond donors (Lipinski definition) is 2. The Kier molecular flexibility index (Phi) is 3.95. The lowest BCUT2D eigenvalue weighted by Gasteiger charge is -2.22. The fraction of sp³-hybridized carbons (Fsp3) is 0.545. The van der Waals surface area contributed by atoms with Crippen LogP contribution in [0.5, 0.6) is 0 Å². The monoisotopic (exact) mass is 226 g/mol. The average molecular weight is 226 g/mol. The summed E-state index contributed by atoms with van der Waals surface area (Å²) in [5.74, 6) is 0.619. The van der Waals surface area contributed by atoms with Crippen LogP contribution in [0.1, 0.15) is 32.6 Å². The number of furan rings is 1. The van der Waals surface area contributed by atoms with Crippen molar-refractivity contribution in [2.24, 2.45) is 5.73 Å². The van der Waals surface area contributed by atoms with E-state index in [0.717, 1.165) is 0 Å². The molecule has 1 unspecified atom stereocenters. The second-order valence-electron chi connectivity index (χ2n) is 4.45. The number of carbonyl (C=O) groups is 1. The van der Waals surface area contributed by atoms with Gasteiger partial charge in [-0.15, -0.1) is 0 Å². The van der Waals surface area contributed by atoms with Gasteiger partial charge in [0.25, 0.3) is 0 Å². The minimum absolute atomic E-state index is 0.257. The number of rotatable bonds is 3.